The highest BCUT2D eigenvalue weighted by Crippen LogP contribution is 2.22. The highest BCUT2D eigenvalue weighted by atomic mass is 19.1. The predicted octanol–water partition coefficient (Wildman–Crippen LogP) is 0.696. The molecule has 1 aromatic rings. The van der Waals surface area contributed by atoms with Crippen LogP contribution in [0, 0.1) is 5.82 Å². The van der Waals surface area contributed by atoms with Crippen LogP contribution >= 0.6 is 0 Å². The molecule has 0 aromatic heterocycles. The highest BCUT2D eigenvalue weighted by Gasteiger charge is 2.23. The van der Waals surface area contributed by atoms with Crippen molar-refractivity contribution in [1.82, 2.24) is 20.4 Å². The molecule has 2 saturated heterocycles. The third kappa shape index (κ3) is 6.41. The monoisotopic (exact) mass is 393 g/mol. The molecule has 2 heterocycles. The summed E-state index contributed by atoms with van der Waals surface area (Å²) >= 11 is 0. The van der Waals surface area contributed by atoms with Gasteiger partial charge in [-0.25, -0.2) is 4.39 Å². The summed E-state index contributed by atoms with van der Waals surface area (Å²) in [6, 6.07) is 6.93. The van der Waals surface area contributed by atoms with Gasteiger partial charge in [-0.3, -0.25) is 14.8 Å². The number of rotatable bonds is 7. The van der Waals surface area contributed by atoms with Crippen molar-refractivity contribution in [1.29, 1.82) is 0 Å². The van der Waals surface area contributed by atoms with Crippen LogP contribution in [-0.4, -0.2) is 95.0 Å². The summed E-state index contributed by atoms with van der Waals surface area (Å²) in [5, 5.41) is 6.79. The Hall–Kier alpha value is -1.74. The number of morpholine rings is 2. The molecule has 1 aromatic carbocycles. The quantitative estimate of drug-likeness (QED) is 0.525. The van der Waals surface area contributed by atoms with Gasteiger partial charge >= 0.3 is 0 Å². The first-order valence-electron chi connectivity index (χ1n) is 10.1. The van der Waals surface area contributed by atoms with Crippen molar-refractivity contribution in [3.63, 3.8) is 0 Å². The molecule has 0 aliphatic carbocycles. The van der Waals surface area contributed by atoms with Crippen LogP contribution in [0.15, 0.2) is 29.3 Å². The van der Waals surface area contributed by atoms with Crippen molar-refractivity contribution in [2.45, 2.75) is 6.04 Å². The third-order valence-corrected chi connectivity index (χ3v) is 5.23. The minimum absolute atomic E-state index is 0.0670. The molecule has 1 atom stereocenters. The lowest BCUT2D eigenvalue weighted by Gasteiger charge is -2.35. The van der Waals surface area contributed by atoms with Crippen LogP contribution in [0.3, 0.4) is 0 Å². The van der Waals surface area contributed by atoms with E-state index in [0.29, 0.717) is 19.8 Å². The summed E-state index contributed by atoms with van der Waals surface area (Å²) in [5.41, 5.74) is 0.971. The first kappa shape index (κ1) is 21.0. The van der Waals surface area contributed by atoms with Gasteiger partial charge in [0.25, 0.3) is 0 Å². The number of guanidine groups is 1. The van der Waals surface area contributed by atoms with E-state index >= 15 is 0 Å². The van der Waals surface area contributed by atoms with Crippen LogP contribution in [0.5, 0.6) is 0 Å². The van der Waals surface area contributed by atoms with E-state index in [0.717, 1.165) is 64.0 Å². The van der Waals surface area contributed by atoms with E-state index in [1.165, 1.54) is 6.07 Å². The Balaban J connectivity index is 1.53. The molecule has 0 bridgehead atoms. The van der Waals surface area contributed by atoms with Gasteiger partial charge in [-0.1, -0.05) is 12.1 Å². The molecule has 2 aliphatic rings. The van der Waals surface area contributed by atoms with Crippen molar-refractivity contribution < 1.29 is 13.9 Å². The van der Waals surface area contributed by atoms with Gasteiger partial charge in [-0.05, 0) is 17.7 Å². The van der Waals surface area contributed by atoms with Crippen molar-refractivity contribution >= 4 is 5.96 Å². The number of hydrogen-bond donors (Lipinski definition) is 2. The number of hydrogen-bond acceptors (Lipinski definition) is 5. The van der Waals surface area contributed by atoms with E-state index in [1.54, 1.807) is 19.2 Å². The maximum atomic E-state index is 13.8. The van der Waals surface area contributed by atoms with Crippen molar-refractivity contribution in [3.05, 3.63) is 35.6 Å². The summed E-state index contributed by atoms with van der Waals surface area (Å²) in [4.78, 5) is 9.05. The maximum Gasteiger partial charge on any atom is 0.191 e. The Bertz CT molecular complexity index is 618. The molecule has 0 spiro atoms. The molecule has 28 heavy (non-hydrogen) atoms. The molecule has 7 nitrogen and oxygen atoms in total. The van der Waals surface area contributed by atoms with Crippen molar-refractivity contribution in [2.75, 3.05) is 79.3 Å². The fourth-order valence-electron chi connectivity index (χ4n) is 3.63. The minimum Gasteiger partial charge on any atom is -0.379 e. The molecule has 156 valence electrons. The summed E-state index contributed by atoms with van der Waals surface area (Å²) < 4.78 is 24.7. The lowest BCUT2D eigenvalue weighted by atomic mass is 10.0. The van der Waals surface area contributed by atoms with Gasteiger partial charge < -0.3 is 20.1 Å². The minimum atomic E-state index is -0.205. The molecule has 3 rings (SSSR count). The molecule has 8 heteroatoms. The molecule has 1 unspecified atom stereocenters. The second-order valence-corrected chi connectivity index (χ2v) is 7.05. The maximum absolute atomic E-state index is 13.8. The first-order valence-corrected chi connectivity index (χ1v) is 10.1. The third-order valence-electron chi connectivity index (χ3n) is 5.23. The Morgan fingerprint density at radius 2 is 1.82 bits per heavy atom. The largest absolute Gasteiger partial charge is 0.379 e. The molecule has 0 radical (unpaired) electrons. The Labute approximate surface area is 166 Å². The molecule has 0 amide bonds. The second kappa shape index (κ2) is 11.3. The number of nitrogens with one attached hydrogen (secondary N) is 2. The van der Waals surface area contributed by atoms with E-state index < -0.39 is 0 Å². The van der Waals surface area contributed by atoms with E-state index in [9.17, 15) is 4.39 Å². The predicted molar refractivity (Wildman–Crippen MR) is 108 cm³/mol. The van der Waals surface area contributed by atoms with Gasteiger partial charge in [-0.15, -0.1) is 0 Å². The van der Waals surface area contributed by atoms with Crippen LogP contribution in [0.4, 0.5) is 4.39 Å². The van der Waals surface area contributed by atoms with Gasteiger partial charge in [-0.2, -0.15) is 0 Å². The molecular formula is C20H32FN5O2. The van der Waals surface area contributed by atoms with Crippen LogP contribution in [0.2, 0.25) is 0 Å². The van der Waals surface area contributed by atoms with Crippen LogP contribution in [0.1, 0.15) is 11.6 Å². The zero-order valence-corrected chi connectivity index (χ0v) is 16.7. The second-order valence-electron chi connectivity index (χ2n) is 7.05. The summed E-state index contributed by atoms with van der Waals surface area (Å²) in [7, 11) is 1.77. The fourth-order valence-corrected chi connectivity index (χ4v) is 3.63. The molecular weight excluding hydrogens is 361 g/mol. The lowest BCUT2D eigenvalue weighted by molar-refractivity contribution is 0.0169. The van der Waals surface area contributed by atoms with Gasteiger partial charge in [0.05, 0.1) is 32.5 Å². The van der Waals surface area contributed by atoms with E-state index in [4.69, 9.17) is 9.47 Å². The lowest BCUT2D eigenvalue weighted by Crippen LogP contribution is -2.48. The van der Waals surface area contributed by atoms with E-state index in [2.05, 4.69) is 25.4 Å². The molecule has 0 saturated carbocycles. The zero-order chi connectivity index (χ0) is 19.6. The van der Waals surface area contributed by atoms with Crippen LogP contribution < -0.4 is 10.6 Å². The summed E-state index contributed by atoms with van der Waals surface area (Å²) in [6.45, 7) is 9.10. The Morgan fingerprint density at radius 1 is 1.11 bits per heavy atom. The fraction of sp³-hybridized carbons (Fsp3) is 0.650. The molecule has 2 N–H and O–H groups in total. The normalized spacial score (nSPS) is 20.7. The number of ether oxygens (including phenoxy) is 2. The van der Waals surface area contributed by atoms with Gasteiger partial charge in [0.2, 0.25) is 0 Å². The van der Waals surface area contributed by atoms with Gasteiger partial charge in [0.15, 0.2) is 5.96 Å². The number of benzene rings is 1. The van der Waals surface area contributed by atoms with Crippen molar-refractivity contribution in [2.24, 2.45) is 4.99 Å². The van der Waals surface area contributed by atoms with Crippen molar-refractivity contribution in [3.8, 4) is 0 Å². The first-order chi connectivity index (χ1) is 13.8. The highest BCUT2D eigenvalue weighted by molar-refractivity contribution is 5.79. The molecule has 2 aliphatic heterocycles. The Kier molecular flexibility index (Phi) is 8.47. The van der Waals surface area contributed by atoms with Gasteiger partial charge in [0, 0.05) is 52.9 Å². The zero-order valence-electron chi connectivity index (χ0n) is 16.7. The van der Waals surface area contributed by atoms with E-state index in [-0.39, 0.29) is 11.9 Å². The molecule has 2 fully saturated rings. The summed E-state index contributed by atoms with van der Waals surface area (Å²) in [5.74, 6) is 0.562. The topological polar surface area (TPSA) is 61.4 Å². The Morgan fingerprint density at radius 3 is 2.50 bits per heavy atom. The SMILES string of the molecule is CN=C(NCCN1CCOCC1)NCC(c1cccc(F)c1)N1CCOCC1. The van der Waals surface area contributed by atoms with Gasteiger partial charge in [0.1, 0.15) is 5.82 Å². The number of halogens is 1. The average molecular weight is 394 g/mol. The van der Waals surface area contributed by atoms with Crippen LogP contribution in [-0.2, 0) is 9.47 Å². The van der Waals surface area contributed by atoms with E-state index in [1.807, 2.05) is 6.07 Å². The number of nitrogens with zero attached hydrogens (tertiary/aromatic N) is 3. The summed E-state index contributed by atoms with van der Waals surface area (Å²) in [6.07, 6.45) is 0. The van der Waals surface area contributed by atoms with Crippen LogP contribution in [0.25, 0.3) is 0 Å². The standard InChI is InChI=1S/C20H32FN5O2/c1-22-20(23-5-6-25-7-11-27-12-8-25)24-16-19(26-9-13-28-14-10-26)17-3-2-4-18(21)15-17/h2-4,15,19H,5-14,16H2,1H3,(H2,22,23,24). The number of aliphatic imine (C=N–C) groups is 1. The smallest absolute Gasteiger partial charge is 0.191 e. The average Bonchev–Trinajstić information content (AvgIpc) is 2.74.